The molecule has 13 heteroatoms. The molecule has 0 radical (unpaired) electrons. The molecule has 40 heavy (non-hydrogen) atoms. The monoisotopic (exact) mass is 555 g/mol. The number of hydrogen-bond acceptors (Lipinski definition) is 7. The summed E-state index contributed by atoms with van der Waals surface area (Å²) in [6.07, 6.45) is 3.84. The molecule has 0 fully saturated rings. The van der Waals surface area contributed by atoms with Crippen LogP contribution in [0.1, 0.15) is 38.4 Å². The molecule has 6 unspecified atom stereocenters. The van der Waals surface area contributed by atoms with Crippen LogP contribution >= 0.6 is 0 Å². The summed E-state index contributed by atoms with van der Waals surface area (Å²) < 4.78 is 0. The quantitative estimate of drug-likeness (QED) is 0.135. The molecule has 3 aromatic rings. The topological polar surface area (TPSA) is 215 Å². The maximum absolute atomic E-state index is 13.3. The number of benzene rings is 1. The van der Waals surface area contributed by atoms with E-state index >= 15 is 0 Å². The highest BCUT2D eigenvalue weighted by atomic mass is 16.4. The number of aromatic nitrogens is 3. The van der Waals surface area contributed by atoms with E-state index in [1.807, 2.05) is 38.1 Å². The number of aliphatic hydroxyl groups excluding tert-OH is 1. The first-order valence-electron chi connectivity index (χ1n) is 13.1. The average molecular weight is 556 g/mol. The Bertz CT molecular complexity index is 1310. The third kappa shape index (κ3) is 7.67. The number of H-pyrrole nitrogens is 2. The van der Waals surface area contributed by atoms with Crippen molar-refractivity contribution in [2.24, 2.45) is 11.7 Å². The maximum atomic E-state index is 13.3. The molecule has 0 bridgehead atoms. The van der Waals surface area contributed by atoms with Gasteiger partial charge in [-0.05, 0) is 24.5 Å². The fourth-order valence-corrected chi connectivity index (χ4v) is 4.25. The predicted octanol–water partition coefficient (Wildman–Crippen LogP) is -0.0306. The van der Waals surface area contributed by atoms with Gasteiger partial charge in [-0.25, -0.2) is 9.78 Å². The van der Waals surface area contributed by atoms with E-state index in [0.29, 0.717) is 17.7 Å². The first-order chi connectivity index (χ1) is 19.0. The van der Waals surface area contributed by atoms with Gasteiger partial charge in [-0.2, -0.15) is 0 Å². The van der Waals surface area contributed by atoms with E-state index in [9.17, 15) is 29.4 Å². The molecule has 0 saturated heterocycles. The Morgan fingerprint density at radius 1 is 0.975 bits per heavy atom. The number of para-hydroxylation sites is 1. The van der Waals surface area contributed by atoms with E-state index in [4.69, 9.17) is 5.73 Å². The van der Waals surface area contributed by atoms with Gasteiger partial charge in [0.25, 0.3) is 0 Å². The molecule has 3 amide bonds. The van der Waals surface area contributed by atoms with Crippen LogP contribution in [0.3, 0.4) is 0 Å². The molecule has 6 atom stereocenters. The number of carboxylic acid groups (broad SMARTS) is 1. The number of hydrogen-bond donors (Lipinski definition) is 8. The number of aromatic amines is 2. The summed E-state index contributed by atoms with van der Waals surface area (Å²) in [5.74, 6) is -3.62. The molecule has 0 aliphatic rings. The van der Waals surface area contributed by atoms with Crippen molar-refractivity contribution in [2.45, 2.75) is 70.3 Å². The first kappa shape index (κ1) is 30.3. The number of carbonyl (C=O) groups excluding carboxylic acids is 3. The highest BCUT2D eigenvalue weighted by Gasteiger charge is 2.33. The number of aliphatic hydroxyl groups is 1. The number of aliphatic carboxylic acids is 1. The van der Waals surface area contributed by atoms with Crippen molar-refractivity contribution in [2.75, 3.05) is 0 Å². The summed E-state index contributed by atoms with van der Waals surface area (Å²) in [7, 11) is 0. The number of imidazole rings is 1. The summed E-state index contributed by atoms with van der Waals surface area (Å²) in [6, 6.07) is 2.50. The fraction of sp³-hybridized carbons (Fsp3) is 0.444. The Kier molecular flexibility index (Phi) is 10.4. The Morgan fingerprint density at radius 2 is 1.68 bits per heavy atom. The number of rotatable bonds is 14. The normalized spacial score (nSPS) is 15.8. The maximum Gasteiger partial charge on any atom is 0.326 e. The van der Waals surface area contributed by atoms with Gasteiger partial charge in [0.05, 0.1) is 18.5 Å². The third-order valence-corrected chi connectivity index (χ3v) is 6.95. The number of nitrogens with one attached hydrogen (secondary N) is 5. The molecular formula is C27H37N7O6. The minimum atomic E-state index is -1.50. The molecule has 3 rings (SSSR count). The van der Waals surface area contributed by atoms with Gasteiger partial charge in [0, 0.05) is 41.8 Å². The Hall–Kier alpha value is -4.23. The van der Waals surface area contributed by atoms with Gasteiger partial charge in [-0.1, -0.05) is 38.5 Å². The summed E-state index contributed by atoms with van der Waals surface area (Å²) in [5, 5.41) is 28.5. The Labute approximate surface area is 231 Å². The van der Waals surface area contributed by atoms with Gasteiger partial charge < -0.3 is 41.9 Å². The molecule has 216 valence electrons. The van der Waals surface area contributed by atoms with Crippen molar-refractivity contribution in [3.8, 4) is 0 Å². The molecule has 0 aliphatic heterocycles. The van der Waals surface area contributed by atoms with Crippen molar-refractivity contribution in [1.82, 2.24) is 30.9 Å². The second kappa shape index (κ2) is 13.7. The second-order valence-electron chi connectivity index (χ2n) is 9.94. The van der Waals surface area contributed by atoms with Crippen molar-refractivity contribution < 1.29 is 29.4 Å². The molecule has 9 N–H and O–H groups in total. The zero-order valence-electron chi connectivity index (χ0n) is 22.7. The lowest BCUT2D eigenvalue weighted by Gasteiger charge is -2.27. The highest BCUT2D eigenvalue weighted by Crippen LogP contribution is 2.19. The smallest absolute Gasteiger partial charge is 0.326 e. The summed E-state index contributed by atoms with van der Waals surface area (Å²) in [5.41, 5.74) is 8.08. The van der Waals surface area contributed by atoms with Crippen LogP contribution in [-0.4, -0.2) is 79.1 Å². The van der Waals surface area contributed by atoms with Crippen LogP contribution in [0.5, 0.6) is 0 Å². The van der Waals surface area contributed by atoms with Crippen molar-refractivity contribution in [1.29, 1.82) is 0 Å². The number of nitrogens with two attached hydrogens (primary N) is 1. The van der Waals surface area contributed by atoms with Crippen LogP contribution < -0.4 is 21.7 Å². The largest absolute Gasteiger partial charge is 0.480 e. The zero-order valence-corrected chi connectivity index (χ0v) is 22.7. The fourth-order valence-electron chi connectivity index (χ4n) is 4.25. The van der Waals surface area contributed by atoms with Crippen molar-refractivity contribution in [3.05, 3.63) is 54.2 Å². The molecular weight excluding hydrogens is 518 g/mol. The van der Waals surface area contributed by atoms with Crippen molar-refractivity contribution >= 4 is 34.6 Å². The zero-order chi connectivity index (χ0) is 29.4. The van der Waals surface area contributed by atoms with Crippen LogP contribution in [0.25, 0.3) is 10.9 Å². The number of carbonyl (C=O) groups is 4. The van der Waals surface area contributed by atoms with Gasteiger partial charge in [0.1, 0.15) is 18.1 Å². The number of amides is 3. The number of nitrogens with zero attached hydrogens (tertiary/aromatic N) is 1. The lowest BCUT2D eigenvalue weighted by molar-refractivity contribution is -0.143. The van der Waals surface area contributed by atoms with Crippen LogP contribution in [0, 0.1) is 5.92 Å². The van der Waals surface area contributed by atoms with E-state index < -0.39 is 54.0 Å². The van der Waals surface area contributed by atoms with E-state index in [-0.39, 0.29) is 18.8 Å². The molecule has 13 nitrogen and oxygen atoms in total. The standard InChI is InChI=1S/C27H37N7O6/c1-4-14(2)22(28)25(37)32-20(10-17-12-29-13-31-17)24(36)34-23(15(3)35)26(38)33-21(27(39)40)9-16-11-30-19-8-6-5-7-18(16)19/h5-8,11-15,20-23,30,35H,4,9-10,28H2,1-3H3,(H,29,31)(H,32,37)(H,33,38)(H,34,36)(H,39,40). The van der Waals surface area contributed by atoms with Gasteiger partial charge in [-0.3, -0.25) is 14.4 Å². The van der Waals surface area contributed by atoms with Crippen LogP contribution in [0.4, 0.5) is 0 Å². The van der Waals surface area contributed by atoms with E-state index in [1.54, 1.807) is 6.20 Å². The Balaban J connectivity index is 1.75. The van der Waals surface area contributed by atoms with Gasteiger partial charge in [-0.15, -0.1) is 0 Å². The average Bonchev–Trinajstić information content (AvgIpc) is 3.59. The molecule has 0 saturated carbocycles. The molecule has 2 aromatic heterocycles. The van der Waals surface area contributed by atoms with Crippen molar-refractivity contribution in [3.63, 3.8) is 0 Å². The summed E-state index contributed by atoms with van der Waals surface area (Å²) in [4.78, 5) is 61.1. The third-order valence-electron chi connectivity index (χ3n) is 6.95. The van der Waals surface area contributed by atoms with Gasteiger partial charge in [0.2, 0.25) is 17.7 Å². The minimum Gasteiger partial charge on any atom is -0.480 e. The molecule has 2 heterocycles. The first-order valence-corrected chi connectivity index (χ1v) is 13.1. The second-order valence-corrected chi connectivity index (χ2v) is 9.94. The Morgan fingerprint density at radius 3 is 2.30 bits per heavy atom. The van der Waals surface area contributed by atoms with E-state index in [0.717, 1.165) is 10.9 Å². The minimum absolute atomic E-state index is 0.0112. The van der Waals surface area contributed by atoms with E-state index in [2.05, 4.69) is 30.9 Å². The summed E-state index contributed by atoms with van der Waals surface area (Å²) in [6.45, 7) is 5.00. The summed E-state index contributed by atoms with van der Waals surface area (Å²) >= 11 is 0. The molecule has 0 aliphatic carbocycles. The lowest BCUT2D eigenvalue weighted by atomic mass is 9.98. The number of carboxylic acids is 1. The SMILES string of the molecule is CCC(C)C(N)C(=O)NC(Cc1cnc[nH]1)C(=O)NC(C(=O)NC(Cc1c[nH]c2ccccc12)C(=O)O)C(C)O. The van der Waals surface area contributed by atoms with Gasteiger partial charge in [0.15, 0.2) is 0 Å². The van der Waals surface area contributed by atoms with Crippen LogP contribution in [-0.2, 0) is 32.0 Å². The van der Waals surface area contributed by atoms with Crippen LogP contribution in [0.15, 0.2) is 43.0 Å². The highest BCUT2D eigenvalue weighted by molar-refractivity contribution is 5.94. The number of fused-ring (bicyclic) bond motifs is 1. The van der Waals surface area contributed by atoms with Gasteiger partial charge >= 0.3 is 5.97 Å². The van der Waals surface area contributed by atoms with Crippen LogP contribution in [0.2, 0.25) is 0 Å². The lowest BCUT2D eigenvalue weighted by Crippen LogP contribution is -2.60. The molecule has 0 spiro atoms. The predicted molar refractivity (Wildman–Crippen MR) is 147 cm³/mol. The molecule has 1 aromatic carbocycles. The van der Waals surface area contributed by atoms with E-state index in [1.165, 1.54) is 19.4 Å².